The van der Waals surface area contributed by atoms with Crippen molar-refractivity contribution < 1.29 is 14.7 Å². The van der Waals surface area contributed by atoms with Crippen LogP contribution in [0.5, 0.6) is 11.5 Å². The summed E-state index contributed by atoms with van der Waals surface area (Å²) in [6.45, 7) is 5.39. The minimum absolute atomic E-state index is 0.00214. The van der Waals surface area contributed by atoms with Crippen LogP contribution in [-0.4, -0.2) is 54.1 Å². The maximum atomic E-state index is 10.4. The van der Waals surface area contributed by atoms with Gasteiger partial charge in [-0.05, 0) is 74.3 Å². The van der Waals surface area contributed by atoms with Gasteiger partial charge in [0, 0.05) is 6.54 Å². The van der Waals surface area contributed by atoms with Crippen LogP contribution in [0, 0.1) is 0 Å². The molecule has 0 saturated carbocycles. The van der Waals surface area contributed by atoms with Crippen LogP contribution in [0.25, 0.3) is 0 Å². The van der Waals surface area contributed by atoms with E-state index in [0.29, 0.717) is 5.75 Å². The van der Waals surface area contributed by atoms with Gasteiger partial charge in [0.2, 0.25) is 0 Å². The number of ether oxygens (including phenoxy) is 1. The van der Waals surface area contributed by atoms with Crippen molar-refractivity contribution in [1.29, 1.82) is 0 Å². The van der Waals surface area contributed by atoms with E-state index in [-0.39, 0.29) is 23.9 Å². The number of hydrogen-bond donors (Lipinski definition) is 1. The summed E-state index contributed by atoms with van der Waals surface area (Å²) in [5.41, 5.74) is 5.65. The van der Waals surface area contributed by atoms with E-state index < -0.39 is 0 Å². The van der Waals surface area contributed by atoms with Gasteiger partial charge >= 0.3 is 0 Å². The number of phenols is 1. The molecule has 3 aliphatic rings. The topological polar surface area (TPSA) is 57.5 Å². The highest BCUT2D eigenvalue weighted by molar-refractivity contribution is 5.91. The first-order chi connectivity index (χ1) is 14.6. The lowest BCUT2D eigenvalue weighted by atomic mass is 9.79. The Balaban J connectivity index is 1.53. The molecule has 158 valence electrons. The van der Waals surface area contributed by atoms with Crippen molar-refractivity contribution in [1.82, 2.24) is 9.80 Å². The van der Waals surface area contributed by atoms with Crippen LogP contribution in [0.15, 0.2) is 41.6 Å². The van der Waals surface area contributed by atoms with Gasteiger partial charge < -0.3 is 14.7 Å². The van der Waals surface area contributed by atoms with Gasteiger partial charge in [-0.15, -0.1) is 0 Å². The standard InChI is InChI=1S/C24H29N3O3/c1-15-22-18-12-20(28)21(29-3)13-19(18)23(26(2)24(22)30-25-15)17-8-6-16(7-9-17)14-27-10-4-5-11-27/h6-9,12-13,22-24,28H,4-5,10-11,14H2,1-3H3/t22-,23-,24-/m1/s1. The van der Waals surface area contributed by atoms with Gasteiger partial charge in [0.15, 0.2) is 17.7 Å². The quantitative estimate of drug-likeness (QED) is 0.834. The third-order valence-electron chi connectivity index (χ3n) is 6.76. The van der Waals surface area contributed by atoms with Crippen molar-refractivity contribution >= 4 is 5.71 Å². The zero-order valence-electron chi connectivity index (χ0n) is 17.8. The lowest BCUT2D eigenvalue weighted by Gasteiger charge is -2.41. The molecule has 1 fully saturated rings. The second-order valence-corrected chi connectivity index (χ2v) is 8.65. The molecule has 5 rings (SSSR count). The van der Waals surface area contributed by atoms with E-state index >= 15 is 0 Å². The van der Waals surface area contributed by atoms with Crippen LogP contribution in [0.4, 0.5) is 0 Å². The first kappa shape index (κ1) is 19.4. The molecule has 6 nitrogen and oxygen atoms in total. The lowest BCUT2D eigenvalue weighted by molar-refractivity contribution is -0.0539. The van der Waals surface area contributed by atoms with Gasteiger partial charge in [-0.3, -0.25) is 9.80 Å². The molecule has 0 aromatic heterocycles. The van der Waals surface area contributed by atoms with E-state index in [1.165, 1.54) is 37.1 Å². The van der Waals surface area contributed by atoms with E-state index in [2.05, 4.69) is 46.3 Å². The summed E-state index contributed by atoms with van der Waals surface area (Å²) in [7, 11) is 3.67. The molecule has 30 heavy (non-hydrogen) atoms. The second kappa shape index (κ2) is 7.60. The monoisotopic (exact) mass is 407 g/mol. The fraction of sp³-hybridized carbons (Fsp3) is 0.458. The van der Waals surface area contributed by atoms with Crippen molar-refractivity contribution in [2.45, 2.75) is 44.5 Å². The Labute approximate surface area is 177 Å². The summed E-state index contributed by atoms with van der Waals surface area (Å²) in [5, 5.41) is 14.7. The van der Waals surface area contributed by atoms with Crippen LogP contribution in [0.3, 0.4) is 0 Å². The largest absolute Gasteiger partial charge is 0.504 e. The van der Waals surface area contributed by atoms with E-state index in [1.54, 1.807) is 7.11 Å². The van der Waals surface area contributed by atoms with Gasteiger partial charge in [0.05, 0.1) is 24.8 Å². The number of likely N-dealkylation sites (tertiary alicyclic amines) is 1. The fourth-order valence-corrected chi connectivity index (χ4v) is 5.20. The molecule has 1 N–H and O–H groups in total. The number of methoxy groups -OCH3 is 1. The number of likely N-dealkylation sites (N-methyl/N-ethyl adjacent to an activating group) is 1. The average molecular weight is 408 g/mol. The van der Waals surface area contributed by atoms with Crippen LogP contribution >= 0.6 is 0 Å². The van der Waals surface area contributed by atoms with E-state index in [4.69, 9.17) is 9.57 Å². The van der Waals surface area contributed by atoms with Crippen LogP contribution < -0.4 is 4.74 Å². The van der Waals surface area contributed by atoms with Crippen molar-refractivity contribution in [2.75, 3.05) is 27.2 Å². The molecule has 6 heteroatoms. The van der Waals surface area contributed by atoms with Crippen molar-refractivity contribution in [3.8, 4) is 11.5 Å². The Kier molecular flexibility index (Phi) is 4.91. The maximum Gasteiger partial charge on any atom is 0.194 e. The highest BCUT2D eigenvalue weighted by Crippen LogP contribution is 2.48. The second-order valence-electron chi connectivity index (χ2n) is 8.65. The molecule has 0 unspecified atom stereocenters. The molecular weight excluding hydrogens is 378 g/mol. The summed E-state index contributed by atoms with van der Waals surface area (Å²) >= 11 is 0. The Morgan fingerprint density at radius 3 is 2.57 bits per heavy atom. The first-order valence-electron chi connectivity index (χ1n) is 10.7. The van der Waals surface area contributed by atoms with Gasteiger partial charge in [0.25, 0.3) is 0 Å². The highest BCUT2D eigenvalue weighted by Gasteiger charge is 2.46. The van der Waals surface area contributed by atoms with Gasteiger partial charge in [-0.25, -0.2) is 0 Å². The van der Waals surface area contributed by atoms with Gasteiger partial charge in [-0.1, -0.05) is 29.4 Å². The number of oxime groups is 1. The number of aromatic hydroxyl groups is 1. The Morgan fingerprint density at radius 2 is 1.87 bits per heavy atom. The molecule has 0 aliphatic carbocycles. The summed E-state index contributed by atoms with van der Waals surface area (Å²) in [4.78, 5) is 10.5. The molecule has 0 radical (unpaired) electrons. The molecule has 2 aromatic carbocycles. The number of phenolic OH excluding ortho intramolecular Hbond substituents is 1. The first-order valence-corrected chi connectivity index (χ1v) is 10.7. The van der Waals surface area contributed by atoms with Gasteiger partial charge in [-0.2, -0.15) is 0 Å². The minimum atomic E-state index is -0.181. The average Bonchev–Trinajstić information content (AvgIpc) is 3.39. The highest BCUT2D eigenvalue weighted by atomic mass is 16.7. The lowest BCUT2D eigenvalue weighted by Crippen LogP contribution is -2.44. The summed E-state index contributed by atoms with van der Waals surface area (Å²) in [6.07, 6.45) is 2.43. The Morgan fingerprint density at radius 1 is 1.13 bits per heavy atom. The normalized spacial score (nSPS) is 26.1. The molecule has 0 spiro atoms. The van der Waals surface area contributed by atoms with E-state index in [9.17, 15) is 5.11 Å². The molecule has 1 saturated heterocycles. The van der Waals surface area contributed by atoms with Crippen LogP contribution in [0.1, 0.15) is 54.0 Å². The molecule has 0 amide bonds. The molecule has 3 aliphatic heterocycles. The Bertz CT molecular complexity index is 966. The summed E-state index contributed by atoms with van der Waals surface area (Å²) in [5.74, 6) is 0.649. The summed E-state index contributed by atoms with van der Waals surface area (Å²) < 4.78 is 5.43. The number of nitrogens with zero attached hydrogens (tertiary/aromatic N) is 3. The molecule has 2 aromatic rings. The minimum Gasteiger partial charge on any atom is -0.504 e. The van der Waals surface area contributed by atoms with Crippen molar-refractivity contribution in [2.24, 2.45) is 5.16 Å². The Hall–Kier alpha value is -2.57. The van der Waals surface area contributed by atoms with Crippen molar-refractivity contribution in [3.63, 3.8) is 0 Å². The zero-order valence-corrected chi connectivity index (χ0v) is 17.8. The number of rotatable bonds is 4. The molecule has 3 atom stereocenters. The fourth-order valence-electron chi connectivity index (χ4n) is 5.20. The maximum absolute atomic E-state index is 10.4. The third kappa shape index (κ3) is 3.15. The van der Waals surface area contributed by atoms with Gasteiger partial charge in [0.1, 0.15) is 0 Å². The predicted octanol–water partition coefficient (Wildman–Crippen LogP) is 3.85. The van der Waals surface area contributed by atoms with Crippen molar-refractivity contribution in [3.05, 3.63) is 58.7 Å². The number of fused-ring (bicyclic) bond motifs is 3. The molecule has 0 bridgehead atoms. The third-order valence-corrected chi connectivity index (χ3v) is 6.76. The predicted molar refractivity (Wildman–Crippen MR) is 116 cm³/mol. The number of hydrogen-bond acceptors (Lipinski definition) is 6. The smallest absolute Gasteiger partial charge is 0.194 e. The molecular formula is C24H29N3O3. The van der Waals surface area contributed by atoms with Crippen LogP contribution in [0.2, 0.25) is 0 Å². The van der Waals surface area contributed by atoms with E-state index in [1.807, 2.05) is 19.1 Å². The number of benzene rings is 2. The SMILES string of the molecule is COc1cc2c(cc1O)[C@H]1C(C)=NO[C@H]1N(C)[C@@H]2c1ccc(CN2CCCC2)cc1. The van der Waals surface area contributed by atoms with Crippen LogP contribution in [-0.2, 0) is 11.4 Å². The van der Waals surface area contributed by atoms with E-state index in [0.717, 1.165) is 23.4 Å². The molecule has 3 heterocycles. The zero-order chi connectivity index (χ0) is 20.8. The summed E-state index contributed by atoms with van der Waals surface area (Å²) in [6, 6.07) is 12.7.